The van der Waals surface area contributed by atoms with Crippen LogP contribution in [0, 0.1) is 0 Å². The third-order valence-electron chi connectivity index (χ3n) is 4.86. The zero-order chi connectivity index (χ0) is 16.5. The molecule has 0 amide bonds. The van der Waals surface area contributed by atoms with Gasteiger partial charge in [-0.3, -0.25) is 0 Å². The second kappa shape index (κ2) is 11.9. The van der Waals surface area contributed by atoms with E-state index >= 15 is 0 Å². The molecule has 0 fully saturated rings. The minimum atomic E-state index is 0. The van der Waals surface area contributed by atoms with Crippen LogP contribution in [0.1, 0.15) is 88.5 Å². The molecule has 0 aliphatic carbocycles. The van der Waals surface area contributed by atoms with Crippen LogP contribution in [0.25, 0.3) is 0 Å². The molecule has 0 bridgehead atoms. The topological polar surface area (TPSA) is 0 Å². The van der Waals surface area contributed by atoms with Crippen LogP contribution in [0.5, 0.6) is 0 Å². The van der Waals surface area contributed by atoms with E-state index in [1.807, 2.05) is 0 Å². The Balaban J connectivity index is 0.000000403. The van der Waals surface area contributed by atoms with E-state index in [2.05, 4.69) is 77.9 Å². The summed E-state index contributed by atoms with van der Waals surface area (Å²) in [6, 6.07) is 13.6. The second-order valence-electron chi connectivity index (χ2n) is 6.43. The van der Waals surface area contributed by atoms with Gasteiger partial charge < -0.3 is 0 Å². The summed E-state index contributed by atoms with van der Waals surface area (Å²) in [5.41, 5.74) is 5.95. The van der Waals surface area contributed by atoms with Crippen LogP contribution in [-0.4, -0.2) is 23.1 Å². The van der Waals surface area contributed by atoms with E-state index in [9.17, 15) is 0 Å². The third-order valence-corrected chi connectivity index (χ3v) is 4.86. The number of aryl methyl sites for hydroxylation is 2. The van der Waals surface area contributed by atoms with Crippen molar-refractivity contribution in [3.8, 4) is 0 Å². The largest absolute Gasteiger partial charge is 2.00 e. The first-order chi connectivity index (χ1) is 10.5. The van der Waals surface area contributed by atoms with Gasteiger partial charge in [-0.05, 0) is 0 Å². The van der Waals surface area contributed by atoms with Crippen LogP contribution >= 0.6 is 0 Å². The summed E-state index contributed by atoms with van der Waals surface area (Å²) < 4.78 is 0. The maximum Gasteiger partial charge on any atom is 2.00 e. The monoisotopic (exact) mass is 322 g/mol. The molecule has 2 rings (SSSR count). The van der Waals surface area contributed by atoms with Gasteiger partial charge in [-0.25, -0.2) is 12.1 Å². The first-order valence-electron chi connectivity index (χ1n) is 9.06. The first kappa shape index (κ1) is 22.5. The van der Waals surface area contributed by atoms with E-state index in [-0.39, 0.29) is 23.1 Å². The Kier molecular flexibility index (Phi) is 11.6. The van der Waals surface area contributed by atoms with Crippen molar-refractivity contribution in [3.05, 3.63) is 58.7 Å². The van der Waals surface area contributed by atoms with Gasteiger partial charge in [0, 0.05) is 0 Å². The minimum absolute atomic E-state index is 0. The fraction of sp³-hybridized carbons (Fsp3) is 0.545. The average Bonchev–Trinajstić information content (AvgIpc) is 3.22. The van der Waals surface area contributed by atoms with Crippen molar-refractivity contribution in [2.45, 2.75) is 79.1 Å². The van der Waals surface area contributed by atoms with Gasteiger partial charge in [-0.2, -0.15) is 46.5 Å². The predicted octanol–water partition coefficient (Wildman–Crippen LogP) is 6.58. The van der Waals surface area contributed by atoms with Gasteiger partial charge in [0.25, 0.3) is 0 Å². The van der Waals surface area contributed by atoms with Crippen molar-refractivity contribution in [1.29, 1.82) is 0 Å². The van der Waals surface area contributed by atoms with Crippen molar-refractivity contribution in [3.63, 3.8) is 0 Å². The first-order valence-corrected chi connectivity index (χ1v) is 9.06. The molecule has 2 unspecified atom stereocenters. The van der Waals surface area contributed by atoms with Crippen LogP contribution in [0.15, 0.2) is 36.4 Å². The van der Waals surface area contributed by atoms with E-state index in [0.29, 0.717) is 0 Å². The van der Waals surface area contributed by atoms with Gasteiger partial charge in [0.05, 0.1) is 0 Å². The maximum absolute atomic E-state index is 2.33. The van der Waals surface area contributed by atoms with Gasteiger partial charge in [0.2, 0.25) is 0 Å². The summed E-state index contributed by atoms with van der Waals surface area (Å²) in [4.78, 5) is 0. The maximum atomic E-state index is 2.33. The standard InChI is InChI=1S/2C11H17.Mg/c2*1-4-9(3)11-7-6-10(5-2)8-11;/h2*6-9H,4-5H2,1-3H3;/q2*-1;+2. The molecule has 0 radical (unpaired) electrons. The molecule has 0 saturated heterocycles. The van der Waals surface area contributed by atoms with Crippen molar-refractivity contribution >= 4 is 23.1 Å². The SMILES string of the molecule is CC[c-]1ccc(C(C)CC)c1.CC[c-]1ccc(C(C)CC)c1.[Mg+2]. The summed E-state index contributed by atoms with van der Waals surface area (Å²) in [5.74, 6) is 1.46. The van der Waals surface area contributed by atoms with Gasteiger partial charge >= 0.3 is 23.1 Å². The summed E-state index contributed by atoms with van der Waals surface area (Å²) >= 11 is 0. The van der Waals surface area contributed by atoms with Crippen LogP contribution in [-0.2, 0) is 12.8 Å². The normalized spacial score (nSPS) is 12.8. The molecule has 2 atom stereocenters. The van der Waals surface area contributed by atoms with E-state index in [4.69, 9.17) is 0 Å². The molecule has 23 heavy (non-hydrogen) atoms. The molecular weight excluding hydrogens is 289 g/mol. The van der Waals surface area contributed by atoms with Crippen molar-refractivity contribution in [2.24, 2.45) is 0 Å². The molecule has 0 N–H and O–H groups in total. The smallest absolute Gasteiger partial charge is 0.210 e. The van der Waals surface area contributed by atoms with E-state index in [1.54, 1.807) is 0 Å². The van der Waals surface area contributed by atoms with Crippen LogP contribution in [0.3, 0.4) is 0 Å². The molecule has 1 heteroatoms. The summed E-state index contributed by atoms with van der Waals surface area (Å²) in [6.45, 7) is 13.5. The fourth-order valence-corrected chi connectivity index (χ4v) is 2.55. The molecule has 0 saturated carbocycles. The third kappa shape index (κ3) is 7.26. The molecule has 124 valence electrons. The number of hydrogen-bond acceptors (Lipinski definition) is 0. The molecule has 2 aromatic rings. The van der Waals surface area contributed by atoms with E-state index in [0.717, 1.165) is 24.7 Å². The molecular formula is C22H34Mg. The van der Waals surface area contributed by atoms with Crippen molar-refractivity contribution in [2.75, 3.05) is 0 Å². The fourth-order valence-electron chi connectivity index (χ4n) is 2.55. The van der Waals surface area contributed by atoms with Crippen LogP contribution < -0.4 is 0 Å². The Morgan fingerprint density at radius 2 is 1.09 bits per heavy atom. The molecule has 0 aliphatic heterocycles. The molecule has 0 aliphatic rings. The molecule has 0 nitrogen and oxygen atoms in total. The van der Waals surface area contributed by atoms with Crippen LogP contribution in [0.2, 0.25) is 0 Å². The average molecular weight is 323 g/mol. The summed E-state index contributed by atoms with van der Waals surface area (Å²) in [7, 11) is 0. The molecule has 0 aromatic heterocycles. The Bertz CT molecular complexity index is 469. The number of hydrogen-bond donors (Lipinski definition) is 0. The number of rotatable bonds is 6. The summed E-state index contributed by atoms with van der Waals surface area (Å²) in [6.07, 6.45) is 4.81. The Morgan fingerprint density at radius 3 is 1.30 bits per heavy atom. The van der Waals surface area contributed by atoms with Crippen LogP contribution in [0.4, 0.5) is 0 Å². The van der Waals surface area contributed by atoms with Gasteiger partial charge in [0.15, 0.2) is 0 Å². The van der Waals surface area contributed by atoms with Gasteiger partial charge in [-0.1, -0.05) is 79.1 Å². The van der Waals surface area contributed by atoms with Gasteiger partial charge in [-0.15, -0.1) is 0 Å². The molecule has 0 heterocycles. The van der Waals surface area contributed by atoms with E-state index < -0.39 is 0 Å². The molecule has 0 spiro atoms. The van der Waals surface area contributed by atoms with E-state index in [1.165, 1.54) is 35.1 Å². The Morgan fingerprint density at radius 1 is 0.739 bits per heavy atom. The van der Waals surface area contributed by atoms with Gasteiger partial charge in [0.1, 0.15) is 0 Å². The quantitative estimate of drug-likeness (QED) is 0.416. The van der Waals surface area contributed by atoms with Crippen molar-refractivity contribution in [1.82, 2.24) is 0 Å². The Labute approximate surface area is 160 Å². The zero-order valence-electron chi connectivity index (χ0n) is 16.2. The van der Waals surface area contributed by atoms with Crippen molar-refractivity contribution < 1.29 is 0 Å². The Hall–Kier alpha value is -0.534. The molecule has 2 aromatic carbocycles. The zero-order valence-corrected chi connectivity index (χ0v) is 17.6. The second-order valence-corrected chi connectivity index (χ2v) is 6.43. The predicted molar refractivity (Wildman–Crippen MR) is 106 cm³/mol. The minimum Gasteiger partial charge on any atom is -0.210 e. The summed E-state index contributed by atoms with van der Waals surface area (Å²) in [5, 5.41) is 0.